The number of benzene rings is 2. The maximum Gasteiger partial charge on any atom is 0.342 e. The minimum absolute atomic E-state index is 0.138. The van der Waals surface area contributed by atoms with E-state index in [1.165, 1.54) is 5.56 Å². The van der Waals surface area contributed by atoms with Crippen LogP contribution in [0.1, 0.15) is 44.2 Å². The fraction of sp³-hybridized carbons (Fsp3) is 0.346. The average Bonchev–Trinajstić information content (AvgIpc) is 2.70. The summed E-state index contributed by atoms with van der Waals surface area (Å²) in [5.74, 6) is 0.0765. The lowest BCUT2D eigenvalue weighted by Gasteiger charge is -2.38. The third-order valence-corrected chi connectivity index (χ3v) is 5.30. The van der Waals surface area contributed by atoms with Gasteiger partial charge in [0.15, 0.2) is 0 Å². The number of carbonyl (C=O) groups excluding carboxylic acids is 1. The number of aryl methyl sites for hydroxylation is 1. The van der Waals surface area contributed by atoms with Gasteiger partial charge in [-0.2, -0.15) is 0 Å². The molecule has 1 atom stereocenters. The van der Waals surface area contributed by atoms with Crippen LogP contribution in [0.15, 0.2) is 84.1 Å². The number of cyclic esters (lactones) is 1. The molecule has 1 aliphatic rings. The Hall–Kier alpha value is -2.81. The molecule has 0 saturated heterocycles. The van der Waals surface area contributed by atoms with Crippen LogP contribution in [0.2, 0.25) is 0 Å². The van der Waals surface area contributed by atoms with E-state index in [2.05, 4.69) is 26.0 Å². The first-order chi connectivity index (χ1) is 14.0. The minimum atomic E-state index is -0.651. The predicted octanol–water partition coefficient (Wildman–Crippen LogP) is 5.96. The van der Waals surface area contributed by atoms with Gasteiger partial charge < -0.3 is 9.84 Å². The fourth-order valence-electron chi connectivity index (χ4n) is 4.01. The Morgan fingerprint density at radius 2 is 1.66 bits per heavy atom. The first-order valence-electron chi connectivity index (χ1n) is 10.4. The number of aliphatic hydroxyl groups is 1. The van der Waals surface area contributed by atoms with E-state index < -0.39 is 11.6 Å². The number of esters is 1. The van der Waals surface area contributed by atoms with Crippen molar-refractivity contribution >= 4 is 5.97 Å². The Kier molecular flexibility index (Phi) is 6.92. The molecule has 2 aromatic rings. The second-order valence-electron chi connectivity index (χ2n) is 8.29. The first kappa shape index (κ1) is 20.9. The Morgan fingerprint density at radius 1 is 1.03 bits per heavy atom. The SMILES string of the molecule is CC(C)CC1(CCc2ccccc2)CC(O)=C(C=CCc2ccccc2)C(=O)O1. The van der Waals surface area contributed by atoms with Gasteiger partial charge in [-0.1, -0.05) is 80.6 Å². The minimum Gasteiger partial charge on any atom is -0.511 e. The van der Waals surface area contributed by atoms with Crippen molar-refractivity contribution in [2.45, 2.75) is 51.6 Å². The molecule has 0 aromatic heterocycles. The molecule has 0 amide bonds. The van der Waals surface area contributed by atoms with E-state index in [0.717, 1.165) is 18.4 Å². The highest BCUT2D eigenvalue weighted by molar-refractivity contribution is 5.93. The van der Waals surface area contributed by atoms with Crippen LogP contribution in [0.4, 0.5) is 0 Å². The summed E-state index contributed by atoms with van der Waals surface area (Å²) in [6, 6.07) is 20.2. The topological polar surface area (TPSA) is 46.5 Å². The Balaban J connectivity index is 1.74. The highest BCUT2D eigenvalue weighted by atomic mass is 16.6. The number of carbonyl (C=O) groups is 1. The third kappa shape index (κ3) is 5.83. The third-order valence-electron chi connectivity index (χ3n) is 5.30. The van der Waals surface area contributed by atoms with Crippen LogP contribution in [0.3, 0.4) is 0 Å². The second-order valence-corrected chi connectivity index (χ2v) is 8.29. The molecule has 1 heterocycles. The van der Waals surface area contributed by atoms with E-state index in [1.807, 2.05) is 54.6 Å². The standard InChI is InChI=1S/C26H30O3/c1-20(2)18-26(17-16-22-12-7-4-8-13-22)19-24(27)23(25(28)29-26)15-9-14-21-10-5-3-6-11-21/h3-13,15,20,27H,14,16-19H2,1-2H3. The zero-order valence-electron chi connectivity index (χ0n) is 17.3. The Bertz CT molecular complexity index is 865. The Labute approximate surface area is 173 Å². The van der Waals surface area contributed by atoms with E-state index in [-0.39, 0.29) is 11.3 Å². The highest BCUT2D eigenvalue weighted by Gasteiger charge is 2.41. The Morgan fingerprint density at radius 3 is 2.24 bits per heavy atom. The number of allylic oxidation sites excluding steroid dienone is 1. The largest absolute Gasteiger partial charge is 0.511 e. The molecule has 3 heteroatoms. The summed E-state index contributed by atoms with van der Waals surface area (Å²) in [5, 5.41) is 10.7. The average molecular weight is 391 g/mol. The summed E-state index contributed by atoms with van der Waals surface area (Å²) >= 11 is 0. The molecule has 0 spiro atoms. The van der Waals surface area contributed by atoms with Gasteiger partial charge in [0.25, 0.3) is 0 Å². The molecule has 0 saturated carbocycles. The maximum absolute atomic E-state index is 12.8. The van der Waals surface area contributed by atoms with Gasteiger partial charge in [0, 0.05) is 6.42 Å². The molecule has 29 heavy (non-hydrogen) atoms. The quantitative estimate of drug-likeness (QED) is 0.566. The molecule has 0 fully saturated rings. The summed E-state index contributed by atoms with van der Waals surface area (Å²) in [6.45, 7) is 4.24. The molecule has 2 aromatic carbocycles. The van der Waals surface area contributed by atoms with E-state index >= 15 is 0 Å². The number of hydrogen-bond donors (Lipinski definition) is 1. The number of rotatable bonds is 8. The van der Waals surface area contributed by atoms with Gasteiger partial charge in [-0.15, -0.1) is 0 Å². The lowest BCUT2D eigenvalue weighted by molar-refractivity contribution is -0.161. The van der Waals surface area contributed by atoms with Crippen LogP contribution < -0.4 is 0 Å². The van der Waals surface area contributed by atoms with Gasteiger partial charge >= 0.3 is 5.97 Å². The number of aliphatic hydroxyl groups excluding tert-OH is 1. The normalized spacial score (nSPS) is 19.8. The lowest BCUT2D eigenvalue weighted by atomic mass is 9.81. The van der Waals surface area contributed by atoms with Crippen molar-refractivity contribution in [3.05, 3.63) is 95.3 Å². The molecular formula is C26H30O3. The molecule has 152 valence electrons. The summed E-state index contributed by atoms with van der Waals surface area (Å²) in [5.41, 5.74) is 2.00. The monoisotopic (exact) mass is 390 g/mol. The van der Waals surface area contributed by atoms with Gasteiger partial charge in [-0.25, -0.2) is 4.79 Å². The summed E-state index contributed by atoms with van der Waals surface area (Å²) in [6.07, 6.45) is 6.92. The van der Waals surface area contributed by atoms with Crippen LogP contribution in [-0.2, 0) is 22.4 Å². The van der Waals surface area contributed by atoms with Crippen LogP contribution in [0.25, 0.3) is 0 Å². The molecule has 0 aliphatic carbocycles. The van der Waals surface area contributed by atoms with Crippen molar-refractivity contribution in [3.63, 3.8) is 0 Å². The molecule has 3 nitrogen and oxygen atoms in total. The summed E-state index contributed by atoms with van der Waals surface area (Å²) in [7, 11) is 0. The molecule has 0 radical (unpaired) electrons. The fourth-order valence-corrected chi connectivity index (χ4v) is 4.01. The van der Waals surface area contributed by atoms with Gasteiger partial charge in [0.1, 0.15) is 11.4 Å². The highest BCUT2D eigenvalue weighted by Crippen LogP contribution is 2.38. The zero-order valence-corrected chi connectivity index (χ0v) is 17.3. The lowest BCUT2D eigenvalue weighted by Crippen LogP contribution is -2.41. The molecule has 1 unspecified atom stereocenters. The van der Waals surface area contributed by atoms with Gasteiger partial charge in [0.05, 0.1) is 5.57 Å². The van der Waals surface area contributed by atoms with Crippen molar-refractivity contribution in [2.75, 3.05) is 0 Å². The molecule has 1 N–H and O–H groups in total. The van der Waals surface area contributed by atoms with Crippen molar-refractivity contribution in [2.24, 2.45) is 5.92 Å². The molecule has 1 aliphatic heterocycles. The van der Waals surface area contributed by atoms with Crippen molar-refractivity contribution < 1.29 is 14.6 Å². The number of hydrogen-bond acceptors (Lipinski definition) is 3. The van der Waals surface area contributed by atoms with Gasteiger partial charge in [0.2, 0.25) is 0 Å². The zero-order chi connectivity index (χ0) is 20.7. The van der Waals surface area contributed by atoms with Crippen LogP contribution >= 0.6 is 0 Å². The van der Waals surface area contributed by atoms with Crippen molar-refractivity contribution in [1.29, 1.82) is 0 Å². The second kappa shape index (κ2) is 9.60. The summed E-state index contributed by atoms with van der Waals surface area (Å²) < 4.78 is 5.98. The summed E-state index contributed by atoms with van der Waals surface area (Å²) in [4.78, 5) is 12.8. The van der Waals surface area contributed by atoms with Gasteiger partial charge in [-0.3, -0.25) is 0 Å². The van der Waals surface area contributed by atoms with Crippen LogP contribution in [0, 0.1) is 5.92 Å². The van der Waals surface area contributed by atoms with E-state index in [1.54, 1.807) is 6.08 Å². The maximum atomic E-state index is 12.8. The van der Waals surface area contributed by atoms with E-state index in [0.29, 0.717) is 25.2 Å². The van der Waals surface area contributed by atoms with Crippen molar-refractivity contribution in [1.82, 2.24) is 0 Å². The molecular weight excluding hydrogens is 360 g/mol. The first-order valence-corrected chi connectivity index (χ1v) is 10.4. The van der Waals surface area contributed by atoms with E-state index in [9.17, 15) is 9.90 Å². The van der Waals surface area contributed by atoms with E-state index in [4.69, 9.17) is 4.74 Å². The van der Waals surface area contributed by atoms with Gasteiger partial charge in [-0.05, 0) is 48.8 Å². The van der Waals surface area contributed by atoms with Crippen LogP contribution in [-0.4, -0.2) is 16.7 Å². The molecule has 0 bridgehead atoms. The predicted molar refractivity (Wildman–Crippen MR) is 117 cm³/mol. The molecule has 3 rings (SSSR count). The number of ether oxygens (including phenoxy) is 1. The van der Waals surface area contributed by atoms with Crippen LogP contribution in [0.5, 0.6) is 0 Å². The van der Waals surface area contributed by atoms with Crippen molar-refractivity contribution in [3.8, 4) is 0 Å². The smallest absolute Gasteiger partial charge is 0.342 e.